The molecule has 0 saturated carbocycles. The predicted molar refractivity (Wildman–Crippen MR) is 88.7 cm³/mol. The summed E-state index contributed by atoms with van der Waals surface area (Å²) in [6.07, 6.45) is 3.65. The lowest BCUT2D eigenvalue weighted by atomic mass is 9.93. The van der Waals surface area contributed by atoms with Gasteiger partial charge in [0.25, 0.3) is 5.91 Å². The lowest BCUT2D eigenvalue weighted by Crippen LogP contribution is -2.11. The lowest BCUT2D eigenvalue weighted by Gasteiger charge is -2.09. The fourth-order valence-electron chi connectivity index (χ4n) is 3.33. The first kappa shape index (κ1) is 14.7. The molecule has 0 bridgehead atoms. The summed E-state index contributed by atoms with van der Waals surface area (Å²) in [6, 6.07) is 5.97. The van der Waals surface area contributed by atoms with Gasteiger partial charge in [-0.05, 0) is 38.0 Å². The molecule has 0 saturated heterocycles. The van der Waals surface area contributed by atoms with Gasteiger partial charge < -0.3 is 10.2 Å². The largest absolute Gasteiger partial charge is 0.455 e. The summed E-state index contributed by atoms with van der Waals surface area (Å²) in [6.45, 7) is 4.45. The molecule has 1 aliphatic carbocycles. The molecule has 0 atom stereocenters. The first-order valence-electron chi connectivity index (χ1n) is 7.94. The monoisotopic (exact) mass is 322 g/mol. The molecule has 0 aliphatic heterocycles. The second-order valence-electron chi connectivity index (χ2n) is 6.19. The van der Waals surface area contributed by atoms with Gasteiger partial charge in [0.1, 0.15) is 5.76 Å². The average Bonchev–Trinajstić information content (AvgIpc) is 3.07. The zero-order chi connectivity index (χ0) is 16.8. The first-order chi connectivity index (χ1) is 11.5. The Kier molecular flexibility index (Phi) is 3.26. The average molecular weight is 322 g/mol. The predicted octanol–water partition coefficient (Wildman–Crippen LogP) is 2.40. The molecule has 6 nitrogen and oxygen atoms in total. The van der Waals surface area contributed by atoms with E-state index in [1.54, 1.807) is 0 Å². The van der Waals surface area contributed by atoms with Crippen molar-refractivity contribution in [3.63, 3.8) is 0 Å². The van der Waals surface area contributed by atoms with E-state index < -0.39 is 5.91 Å². The third kappa shape index (κ3) is 2.31. The van der Waals surface area contributed by atoms with Crippen LogP contribution in [0.25, 0.3) is 11.3 Å². The number of aryl methyl sites for hydroxylation is 3. The van der Waals surface area contributed by atoms with Crippen LogP contribution in [0.2, 0.25) is 0 Å². The summed E-state index contributed by atoms with van der Waals surface area (Å²) in [5.41, 5.74) is 11.1. The smallest absolute Gasteiger partial charge is 0.284 e. The van der Waals surface area contributed by atoms with E-state index >= 15 is 0 Å². The quantitative estimate of drug-likeness (QED) is 0.802. The molecule has 0 unspecified atom stereocenters. The number of nitrogens with zero attached hydrogens (tertiary/aromatic N) is 3. The number of fused-ring (bicyclic) bond motifs is 3. The standard InChI is InChI=1S/C18H18N4O2/c1-10-4-3-5-13(20-10)9-22-8-12-6-7-14-15(16(12)21-22)11(2)17(24-14)18(19)23/h3-5,8H,6-7,9H2,1-2H3,(H2,19,23). The first-order valence-corrected chi connectivity index (χ1v) is 7.94. The van der Waals surface area contributed by atoms with Gasteiger partial charge in [0.2, 0.25) is 0 Å². The van der Waals surface area contributed by atoms with Crippen molar-refractivity contribution in [1.82, 2.24) is 14.8 Å². The Labute approximate surface area is 139 Å². The van der Waals surface area contributed by atoms with Crippen molar-refractivity contribution >= 4 is 5.91 Å². The van der Waals surface area contributed by atoms with Crippen LogP contribution in [0.4, 0.5) is 0 Å². The van der Waals surface area contributed by atoms with Gasteiger partial charge in [-0.3, -0.25) is 14.5 Å². The van der Waals surface area contributed by atoms with Crippen LogP contribution >= 0.6 is 0 Å². The molecule has 24 heavy (non-hydrogen) atoms. The van der Waals surface area contributed by atoms with Crippen LogP contribution in [0, 0.1) is 13.8 Å². The second-order valence-corrected chi connectivity index (χ2v) is 6.19. The molecule has 3 aromatic heterocycles. The van der Waals surface area contributed by atoms with Gasteiger partial charge in [0, 0.05) is 29.4 Å². The molecular formula is C18H18N4O2. The van der Waals surface area contributed by atoms with Gasteiger partial charge in [-0.15, -0.1) is 0 Å². The van der Waals surface area contributed by atoms with Crippen LogP contribution in [-0.2, 0) is 19.4 Å². The molecule has 0 radical (unpaired) electrons. The molecule has 122 valence electrons. The molecule has 0 spiro atoms. The number of nitrogens with two attached hydrogens (primary N) is 1. The molecule has 1 amide bonds. The third-order valence-corrected chi connectivity index (χ3v) is 4.41. The summed E-state index contributed by atoms with van der Waals surface area (Å²) in [4.78, 5) is 16.0. The number of aromatic nitrogens is 3. The number of hydrogen-bond acceptors (Lipinski definition) is 4. The number of amides is 1. The van der Waals surface area contributed by atoms with Crippen molar-refractivity contribution < 1.29 is 9.21 Å². The Morgan fingerprint density at radius 3 is 2.92 bits per heavy atom. The lowest BCUT2D eigenvalue weighted by molar-refractivity contribution is 0.0971. The van der Waals surface area contributed by atoms with Crippen molar-refractivity contribution in [3.8, 4) is 11.3 Å². The Bertz CT molecular complexity index is 952. The van der Waals surface area contributed by atoms with E-state index in [1.165, 1.54) is 0 Å². The minimum atomic E-state index is -0.535. The number of carbonyl (C=O) groups excluding carboxylic acids is 1. The van der Waals surface area contributed by atoms with Crippen LogP contribution in [-0.4, -0.2) is 20.7 Å². The maximum Gasteiger partial charge on any atom is 0.284 e. The highest BCUT2D eigenvalue weighted by Crippen LogP contribution is 2.38. The highest BCUT2D eigenvalue weighted by molar-refractivity contribution is 5.94. The number of furan rings is 1. The van der Waals surface area contributed by atoms with Crippen LogP contribution < -0.4 is 5.73 Å². The van der Waals surface area contributed by atoms with Crippen LogP contribution in [0.5, 0.6) is 0 Å². The van der Waals surface area contributed by atoms with Crippen molar-refractivity contribution in [2.75, 3.05) is 0 Å². The second kappa shape index (κ2) is 5.33. The summed E-state index contributed by atoms with van der Waals surface area (Å²) < 4.78 is 7.56. The Balaban J connectivity index is 1.74. The Morgan fingerprint density at radius 1 is 1.33 bits per heavy atom. The van der Waals surface area contributed by atoms with E-state index in [0.717, 1.165) is 52.4 Å². The summed E-state index contributed by atoms with van der Waals surface area (Å²) in [5, 5.41) is 4.72. The van der Waals surface area contributed by atoms with Crippen LogP contribution in [0.15, 0.2) is 28.8 Å². The SMILES string of the molecule is Cc1cccc(Cn2cc3c(n2)-c2c(oc(C(N)=O)c2C)CC3)n1. The van der Waals surface area contributed by atoms with Gasteiger partial charge in [0.15, 0.2) is 5.76 Å². The van der Waals surface area contributed by atoms with Gasteiger partial charge in [-0.1, -0.05) is 6.07 Å². The Morgan fingerprint density at radius 2 is 2.17 bits per heavy atom. The minimum absolute atomic E-state index is 0.239. The van der Waals surface area contributed by atoms with E-state index in [9.17, 15) is 4.79 Å². The fourth-order valence-corrected chi connectivity index (χ4v) is 3.33. The Hall–Kier alpha value is -2.89. The highest BCUT2D eigenvalue weighted by atomic mass is 16.4. The van der Waals surface area contributed by atoms with Crippen molar-refractivity contribution in [3.05, 3.63) is 58.4 Å². The van der Waals surface area contributed by atoms with E-state index in [-0.39, 0.29) is 5.76 Å². The summed E-state index contributed by atoms with van der Waals surface area (Å²) in [7, 11) is 0. The van der Waals surface area contributed by atoms with E-state index in [0.29, 0.717) is 6.54 Å². The molecule has 3 heterocycles. The van der Waals surface area contributed by atoms with E-state index in [1.807, 2.05) is 36.7 Å². The molecule has 6 heteroatoms. The molecule has 0 fully saturated rings. The molecular weight excluding hydrogens is 304 g/mol. The van der Waals surface area contributed by atoms with Gasteiger partial charge in [0.05, 0.1) is 17.9 Å². The van der Waals surface area contributed by atoms with E-state index in [2.05, 4.69) is 11.2 Å². The number of carbonyl (C=O) groups is 1. The summed E-state index contributed by atoms with van der Waals surface area (Å²) >= 11 is 0. The molecule has 0 aromatic carbocycles. The van der Waals surface area contributed by atoms with Crippen LogP contribution in [0.3, 0.4) is 0 Å². The van der Waals surface area contributed by atoms with Gasteiger partial charge in [-0.25, -0.2) is 0 Å². The van der Waals surface area contributed by atoms with Crippen molar-refractivity contribution in [2.45, 2.75) is 33.2 Å². The van der Waals surface area contributed by atoms with Crippen LogP contribution in [0.1, 0.15) is 38.8 Å². The molecule has 1 aliphatic rings. The number of rotatable bonds is 3. The normalized spacial score (nSPS) is 12.8. The van der Waals surface area contributed by atoms with Crippen molar-refractivity contribution in [1.29, 1.82) is 0 Å². The van der Waals surface area contributed by atoms with Gasteiger partial charge >= 0.3 is 0 Å². The number of primary amides is 1. The van der Waals surface area contributed by atoms with E-state index in [4.69, 9.17) is 15.2 Å². The topological polar surface area (TPSA) is 86.9 Å². The number of pyridine rings is 1. The maximum atomic E-state index is 11.5. The van der Waals surface area contributed by atoms with Crippen molar-refractivity contribution in [2.24, 2.45) is 5.73 Å². The minimum Gasteiger partial charge on any atom is -0.455 e. The fraction of sp³-hybridized carbons (Fsp3) is 0.278. The van der Waals surface area contributed by atoms with Gasteiger partial charge in [-0.2, -0.15) is 5.10 Å². The zero-order valence-electron chi connectivity index (χ0n) is 13.7. The molecule has 2 N–H and O–H groups in total. The highest BCUT2D eigenvalue weighted by Gasteiger charge is 2.28. The zero-order valence-corrected chi connectivity index (χ0v) is 13.7. The summed E-state index contributed by atoms with van der Waals surface area (Å²) in [5.74, 6) is 0.502. The maximum absolute atomic E-state index is 11.5. The molecule has 3 aromatic rings. The third-order valence-electron chi connectivity index (χ3n) is 4.41. The molecule has 4 rings (SSSR count). The number of hydrogen-bond donors (Lipinski definition) is 1.